The third-order valence-corrected chi connectivity index (χ3v) is 5.83. The second kappa shape index (κ2) is 19.6. The van der Waals surface area contributed by atoms with E-state index >= 15 is 0 Å². The van der Waals surface area contributed by atoms with Gasteiger partial charge in [0.1, 0.15) is 0 Å². The summed E-state index contributed by atoms with van der Waals surface area (Å²) in [5.41, 5.74) is 3.37. The summed E-state index contributed by atoms with van der Waals surface area (Å²) in [4.78, 5) is 12.0. The second-order valence-electron chi connectivity index (χ2n) is 8.58. The number of unbranched alkanes of at least 4 members (excludes halogenated alkanes) is 14. The van der Waals surface area contributed by atoms with Gasteiger partial charge in [0.05, 0.1) is 20.4 Å². The zero-order valence-corrected chi connectivity index (χ0v) is 20.8. The monoisotopic (exact) mass is 446 g/mol. The maximum atomic E-state index is 12.0. The van der Waals surface area contributed by atoms with Gasteiger partial charge in [0, 0.05) is 12.0 Å². The first-order valence-electron chi connectivity index (χ1n) is 12.8. The van der Waals surface area contributed by atoms with Crippen molar-refractivity contribution in [1.82, 2.24) is 5.43 Å². The number of hydrogen-bond donors (Lipinski definition) is 1. The lowest BCUT2D eigenvalue weighted by atomic mass is 10.0. The number of benzene rings is 1. The minimum absolute atomic E-state index is 0.0437. The molecule has 0 heterocycles. The smallest absolute Gasteiger partial charge is 0.240 e. The summed E-state index contributed by atoms with van der Waals surface area (Å²) >= 11 is 0. The van der Waals surface area contributed by atoms with Crippen molar-refractivity contribution >= 4 is 12.1 Å². The van der Waals surface area contributed by atoms with Crippen LogP contribution in [0.1, 0.15) is 115 Å². The summed E-state index contributed by atoms with van der Waals surface area (Å²) in [5.74, 6) is 1.20. The van der Waals surface area contributed by atoms with Gasteiger partial charge < -0.3 is 9.47 Å². The van der Waals surface area contributed by atoms with Gasteiger partial charge in [-0.2, -0.15) is 5.10 Å². The molecule has 0 fully saturated rings. The third-order valence-electron chi connectivity index (χ3n) is 5.83. The number of methoxy groups -OCH3 is 2. The number of hydrogen-bond acceptors (Lipinski definition) is 4. The number of ether oxygens (including phenoxy) is 2. The van der Waals surface area contributed by atoms with Crippen molar-refractivity contribution in [1.29, 1.82) is 0 Å². The zero-order chi connectivity index (χ0) is 23.3. The molecule has 1 aromatic rings. The Morgan fingerprint density at radius 1 is 0.812 bits per heavy atom. The maximum absolute atomic E-state index is 12.0. The van der Waals surface area contributed by atoms with Crippen molar-refractivity contribution in [2.75, 3.05) is 14.2 Å². The Labute approximate surface area is 196 Å². The van der Waals surface area contributed by atoms with Crippen LogP contribution in [0.4, 0.5) is 0 Å². The standard InChI is InChI=1S/C27H46N2O3/c1-4-5-6-7-8-9-10-11-12-13-14-15-16-17-18-22-26(30)29-28-23-24-20-19-21-25(31-2)27(24)32-3/h19-21,23H,4-18,22H2,1-3H3,(H,29,30). The molecule has 0 atom stereocenters. The molecule has 5 heteroatoms. The Bertz CT molecular complexity index is 631. The summed E-state index contributed by atoms with van der Waals surface area (Å²) in [6, 6.07) is 5.55. The Kier molecular flexibility index (Phi) is 17.2. The van der Waals surface area contributed by atoms with Gasteiger partial charge in [0.25, 0.3) is 0 Å². The van der Waals surface area contributed by atoms with Crippen LogP contribution < -0.4 is 14.9 Å². The molecule has 1 aromatic carbocycles. The molecule has 182 valence electrons. The van der Waals surface area contributed by atoms with E-state index < -0.39 is 0 Å². The third kappa shape index (κ3) is 13.4. The fourth-order valence-electron chi connectivity index (χ4n) is 3.90. The highest BCUT2D eigenvalue weighted by Gasteiger charge is 2.07. The molecule has 0 aromatic heterocycles. The predicted octanol–water partition coefficient (Wildman–Crippen LogP) is 7.42. The normalized spacial score (nSPS) is 11.1. The molecule has 32 heavy (non-hydrogen) atoms. The van der Waals surface area contributed by atoms with E-state index in [-0.39, 0.29) is 5.91 Å². The van der Waals surface area contributed by atoms with E-state index in [0.29, 0.717) is 17.9 Å². The van der Waals surface area contributed by atoms with Gasteiger partial charge in [-0.05, 0) is 18.6 Å². The first kappa shape index (κ1) is 28.0. The van der Waals surface area contributed by atoms with E-state index in [1.165, 1.54) is 83.5 Å². The van der Waals surface area contributed by atoms with E-state index in [9.17, 15) is 4.79 Å². The summed E-state index contributed by atoms with van der Waals surface area (Å²) < 4.78 is 10.6. The lowest BCUT2D eigenvalue weighted by Crippen LogP contribution is -2.17. The number of amides is 1. The van der Waals surface area contributed by atoms with Gasteiger partial charge in [-0.15, -0.1) is 0 Å². The number of para-hydroxylation sites is 1. The highest BCUT2D eigenvalue weighted by Crippen LogP contribution is 2.29. The van der Waals surface area contributed by atoms with Crippen LogP contribution in [0.3, 0.4) is 0 Å². The molecular weight excluding hydrogens is 400 g/mol. The molecule has 1 N–H and O–H groups in total. The van der Waals surface area contributed by atoms with Crippen molar-refractivity contribution in [2.24, 2.45) is 5.10 Å². The molecular formula is C27H46N2O3. The summed E-state index contributed by atoms with van der Waals surface area (Å²) in [6.07, 6.45) is 21.9. The van der Waals surface area contributed by atoms with E-state index in [2.05, 4.69) is 17.5 Å². The van der Waals surface area contributed by atoms with Crippen LogP contribution >= 0.6 is 0 Å². The minimum atomic E-state index is -0.0437. The molecule has 0 radical (unpaired) electrons. The van der Waals surface area contributed by atoms with Gasteiger partial charge in [0.15, 0.2) is 11.5 Å². The second-order valence-corrected chi connectivity index (χ2v) is 8.58. The van der Waals surface area contributed by atoms with E-state index in [4.69, 9.17) is 9.47 Å². The SMILES string of the molecule is CCCCCCCCCCCCCCCCCC(=O)NN=Cc1cccc(OC)c1OC. The van der Waals surface area contributed by atoms with Crippen molar-refractivity contribution in [3.63, 3.8) is 0 Å². The van der Waals surface area contributed by atoms with E-state index in [1.54, 1.807) is 20.4 Å². The quantitative estimate of drug-likeness (QED) is 0.129. The summed E-state index contributed by atoms with van der Waals surface area (Å²) in [6.45, 7) is 2.27. The molecule has 1 rings (SSSR count). The van der Waals surface area contributed by atoms with Gasteiger partial charge in [-0.3, -0.25) is 4.79 Å². The first-order valence-corrected chi connectivity index (χ1v) is 12.8. The number of carbonyl (C=O) groups is 1. The Morgan fingerprint density at radius 3 is 1.84 bits per heavy atom. The number of carbonyl (C=O) groups excluding carboxylic acids is 1. The van der Waals surface area contributed by atoms with Crippen LogP contribution in [0, 0.1) is 0 Å². The molecule has 0 aliphatic heterocycles. The highest BCUT2D eigenvalue weighted by atomic mass is 16.5. The van der Waals surface area contributed by atoms with Crippen molar-refractivity contribution in [2.45, 2.75) is 110 Å². The summed E-state index contributed by atoms with van der Waals surface area (Å²) in [7, 11) is 3.18. The van der Waals surface area contributed by atoms with Gasteiger partial charge >= 0.3 is 0 Å². The van der Waals surface area contributed by atoms with Crippen molar-refractivity contribution < 1.29 is 14.3 Å². The molecule has 0 unspecified atom stereocenters. The summed E-state index contributed by atoms with van der Waals surface area (Å²) in [5, 5.41) is 4.05. The Morgan fingerprint density at radius 2 is 1.34 bits per heavy atom. The van der Waals surface area contributed by atoms with Gasteiger partial charge in [-0.1, -0.05) is 103 Å². The van der Waals surface area contributed by atoms with Crippen LogP contribution in [0.25, 0.3) is 0 Å². The number of nitrogens with one attached hydrogen (secondary N) is 1. The van der Waals surface area contributed by atoms with Crippen LogP contribution in [0.15, 0.2) is 23.3 Å². The molecule has 0 aliphatic carbocycles. The average Bonchev–Trinajstić information content (AvgIpc) is 2.81. The predicted molar refractivity (Wildman–Crippen MR) is 135 cm³/mol. The lowest BCUT2D eigenvalue weighted by molar-refractivity contribution is -0.121. The molecule has 0 saturated carbocycles. The topological polar surface area (TPSA) is 59.9 Å². The van der Waals surface area contributed by atoms with Gasteiger partial charge in [0.2, 0.25) is 5.91 Å². The largest absolute Gasteiger partial charge is 0.493 e. The number of hydrazone groups is 1. The molecule has 0 spiro atoms. The fraction of sp³-hybridized carbons (Fsp3) is 0.704. The lowest BCUT2D eigenvalue weighted by Gasteiger charge is -2.09. The van der Waals surface area contributed by atoms with Crippen molar-refractivity contribution in [3.8, 4) is 11.5 Å². The van der Waals surface area contributed by atoms with Crippen LogP contribution in [0.2, 0.25) is 0 Å². The number of nitrogens with zero attached hydrogens (tertiary/aromatic N) is 1. The zero-order valence-electron chi connectivity index (χ0n) is 20.8. The Balaban J connectivity index is 1.98. The molecule has 5 nitrogen and oxygen atoms in total. The molecule has 0 saturated heterocycles. The molecule has 0 bridgehead atoms. The minimum Gasteiger partial charge on any atom is -0.493 e. The Hall–Kier alpha value is -2.04. The van der Waals surface area contributed by atoms with Crippen LogP contribution in [0.5, 0.6) is 11.5 Å². The van der Waals surface area contributed by atoms with E-state index in [1.807, 2.05) is 18.2 Å². The van der Waals surface area contributed by atoms with Crippen LogP contribution in [-0.4, -0.2) is 26.3 Å². The molecule has 1 amide bonds. The van der Waals surface area contributed by atoms with E-state index in [0.717, 1.165) is 18.4 Å². The maximum Gasteiger partial charge on any atom is 0.240 e. The van der Waals surface area contributed by atoms with Crippen molar-refractivity contribution in [3.05, 3.63) is 23.8 Å². The molecule has 0 aliphatic rings. The average molecular weight is 447 g/mol. The highest BCUT2D eigenvalue weighted by molar-refractivity contribution is 5.86. The fourth-order valence-corrected chi connectivity index (χ4v) is 3.90. The van der Waals surface area contributed by atoms with Gasteiger partial charge in [-0.25, -0.2) is 5.43 Å². The number of rotatable bonds is 20. The van der Waals surface area contributed by atoms with Crippen LogP contribution in [-0.2, 0) is 4.79 Å². The first-order chi connectivity index (χ1) is 15.7.